The lowest BCUT2D eigenvalue weighted by molar-refractivity contribution is 0.161. The zero-order valence-electron chi connectivity index (χ0n) is 22.2. The lowest BCUT2D eigenvalue weighted by atomic mass is 9.82. The largest absolute Gasteiger partial charge is 0.494 e. The average molecular weight is 513 g/mol. The molecule has 0 spiro atoms. The summed E-state index contributed by atoms with van der Waals surface area (Å²) < 4.78 is 13.1. The average Bonchev–Trinajstić information content (AvgIpc) is 3.01. The van der Waals surface area contributed by atoms with Gasteiger partial charge in [-0.2, -0.15) is 0 Å². The van der Waals surface area contributed by atoms with E-state index >= 15 is 0 Å². The molecular formula is C35H32N2O2. The Morgan fingerprint density at radius 2 is 1.59 bits per heavy atom. The second-order valence-corrected chi connectivity index (χ2v) is 10.3. The standard InChI is InChI=1S/C35H32N2O2/c1-2-38-29-14-15-30-31-16-17-35(27-10-4-3-5-11-27,28-13-12-25-8-6-7-9-26(25)22-28)39-34(31)24-33(32(30)23-29)37-20-18-36-19-21-37/h3-17,22-24,36H,2,18-21H2,1H3. The van der Waals surface area contributed by atoms with E-state index in [1.807, 2.05) is 6.92 Å². The van der Waals surface area contributed by atoms with Crippen molar-refractivity contribution in [2.45, 2.75) is 12.5 Å². The molecule has 5 aromatic carbocycles. The van der Waals surface area contributed by atoms with Crippen LogP contribution in [0.1, 0.15) is 23.6 Å². The maximum Gasteiger partial charge on any atom is 0.178 e. The fourth-order valence-corrected chi connectivity index (χ4v) is 6.05. The molecule has 2 heterocycles. The van der Waals surface area contributed by atoms with Crippen LogP contribution in [0.5, 0.6) is 11.5 Å². The van der Waals surface area contributed by atoms with E-state index in [2.05, 4.69) is 119 Å². The summed E-state index contributed by atoms with van der Waals surface area (Å²) in [6.07, 6.45) is 4.49. The van der Waals surface area contributed by atoms with Crippen LogP contribution >= 0.6 is 0 Å². The van der Waals surface area contributed by atoms with Crippen LogP contribution in [0, 0.1) is 0 Å². The van der Waals surface area contributed by atoms with Crippen LogP contribution < -0.4 is 19.7 Å². The zero-order chi connectivity index (χ0) is 26.2. The highest BCUT2D eigenvalue weighted by molar-refractivity contribution is 6.03. The number of ether oxygens (including phenoxy) is 2. The van der Waals surface area contributed by atoms with E-state index < -0.39 is 5.60 Å². The van der Waals surface area contributed by atoms with Gasteiger partial charge in [0, 0.05) is 60.0 Å². The molecule has 1 unspecified atom stereocenters. The molecule has 1 N–H and O–H groups in total. The molecule has 1 atom stereocenters. The Balaban J connectivity index is 1.44. The number of hydrogen-bond donors (Lipinski definition) is 1. The zero-order valence-corrected chi connectivity index (χ0v) is 22.2. The molecule has 0 aromatic heterocycles. The van der Waals surface area contributed by atoms with Crippen LogP contribution in [0.3, 0.4) is 0 Å². The van der Waals surface area contributed by atoms with Gasteiger partial charge in [-0.3, -0.25) is 0 Å². The minimum Gasteiger partial charge on any atom is -0.494 e. The van der Waals surface area contributed by atoms with Gasteiger partial charge in [-0.05, 0) is 59.5 Å². The minimum absolute atomic E-state index is 0.647. The number of hydrogen-bond acceptors (Lipinski definition) is 4. The Morgan fingerprint density at radius 1 is 0.795 bits per heavy atom. The third-order valence-electron chi connectivity index (χ3n) is 8.00. The maximum absolute atomic E-state index is 7.20. The second kappa shape index (κ2) is 9.79. The molecule has 194 valence electrons. The Kier molecular flexibility index (Phi) is 5.98. The first-order valence-electron chi connectivity index (χ1n) is 13.9. The monoisotopic (exact) mass is 512 g/mol. The molecule has 0 bridgehead atoms. The van der Waals surface area contributed by atoms with E-state index in [1.165, 1.54) is 27.2 Å². The number of fused-ring (bicyclic) bond motifs is 4. The van der Waals surface area contributed by atoms with Crippen molar-refractivity contribution in [1.82, 2.24) is 5.32 Å². The van der Waals surface area contributed by atoms with Crippen molar-refractivity contribution in [3.8, 4) is 11.5 Å². The Morgan fingerprint density at radius 3 is 2.41 bits per heavy atom. The molecule has 0 amide bonds. The molecule has 2 aliphatic heterocycles. The van der Waals surface area contributed by atoms with Crippen LogP contribution in [-0.2, 0) is 5.60 Å². The van der Waals surface area contributed by atoms with Crippen LogP contribution in [0.25, 0.3) is 27.6 Å². The molecule has 0 radical (unpaired) electrons. The molecule has 1 fully saturated rings. The first-order chi connectivity index (χ1) is 19.2. The van der Waals surface area contributed by atoms with E-state index in [0.29, 0.717) is 6.61 Å². The van der Waals surface area contributed by atoms with Gasteiger partial charge in [0.2, 0.25) is 0 Å². The highest BCUT2D eigenvalue weighted by Crippen LogP contribution is 2.47. The van der Waals surface area contributed by atoms with Gasteiger partial charge < -0.3 is 19.7 Å². The lowest BCUT2D eigenvalue weighted by Gasteiger charge is -2.38. The minimum atomic E-state index is -0.738. The fourth-order valence-electron chi connectivity index (χ4n) is 6.05. The van der Waals surface area contributed by atoms with E-state index in [9.17, 15) is 0 Å². The summed E-state index contributed by atoms with van der Waals surface area (Å²) in [5.74, 6) is 1.80. The molecule has 2 aliphatic rings. The molecule has 39 heavy (non-hydrogen) atoms. The van der Waals surface area contributed by atoms with Crippen LogP contribution in [0.15, 0.2) is 103 Å². The number of anilines is 1. The SMILES string of the molecule is CCOc1ccc2c3c(cc(N4CCNCC4)c2c1)OC(c1ccccc1)(c1ccc2ccccc2c1)C=C3. The first kappa shape index (κ1) is 23.8. The van der Waals surface area contributed by atoms with E-state index in [4.69, 9.17) is 9.47 Å². The molecule has 0 aliphatic carbocycles. The van der Waals surface area contributed by atoms with Crippen molar-refractivity contribution in [3.05, 3.63) is 120 Å². The topological polar surface area (TPSA) is 33.7 Å². The quantitative estimate of drug-likeness (QED) is 0.271. The maximum atomic E-state index is 7.20. The van der Waals surface area contributed by atoms with E-state index in [0.717, 1.165) is 54.4 Å². The highest BCUT2D eigenvalue weighted by Gasteiger charge is 2.38. The van der Waals surface area contributed by atoms with Crippen molar-refractivity contribution in [2.24, 2.45) is 0 Å². The van der Waals surface area contributed by atoms with Gasteiger partial charge in [-0.1, -0.05) is 66.7 Å². The van der Waals surface area contributed by atoms with E-state index in [-0.39, 0.29) is 0 Å². The van der Waals surface area contributed by atoms with Gasteiger partial charge in [0.25, 0.3) is 0 Å². The van der Waals surface area contributed by atoms with Crippen molar-refractivity contribution in [1.29, 1.82) is 0 Å². The van der Waals surface area contributed by atoms with Gasteiger partial charge in [0.1, 0.15) is 11.5 Å². The highest BCUT2D eigenvalue weighted by atomic mass is 16.5. The third kappa shape index (κ3) is 4.12. The van der Waals surface area contributed by atoms with E-state index in [1.54, 1.807) is 0 Å². The molecule has 7 rings (SSSR count). The third-order valence-corrected chi connectivity index (χ3v) is 8.00. The van der Waals surface area contributed by atoms with Gasteiger partial charge >= 0.3 is 0 Å². The lowest BCUT2D eigenvalue weighted by Crippen LogP contribution is -2.43. The number of benzene rings is 5. The number of nitrogens with one attached hydrogen (secondary N) is 1. The predicted octanol–water partition coefficient (Wildman–Crippen LogP) is 7.15. The summed E-state index contributed by atoms with van der Waals surface area (Å²) in [5, 5.41) is 8.30. The molecule has 5 aromatic rings. The molecule has 4 nitrogen and oxygen atoms in total. The van der Waals surface area contributed by atoms with Gasteiger partial charge in [-0.15, -0.1) is 0 Å². The van der Waals surface area contributed by atoms with Gasteiger partial charge in [0.15, 0.2) is 5.60 Å². The number of rotatable bonds is 5. The second-order valence-electron chi connectivity index (χ2n) is 10.3. The molecule has 4 heteroatoms. The molecule has 0 saturated carbocycles. The fraction of sp³-hybridized carbons (Fsp3) is 0.200. The summed E-state index contributed by atoms with van der Waals surface area (Å²) in [5.41, 5.74) is 3.79. The van der Waals surface area contributed by atoms with Crippen molar-refractivity contribution in [2.75, 3.05) is 37.7 Å². The summed E-state index contributed by atoms with van der Waals surface area (Å²) in [4.78, 5) is 2.47. The molecular weight excluding hydrogens is 480 g/mol. The molecule has 1 saturated heterocycles. The van der Waals surface area contributed by atoms with Crippen LogP contribution in [0.2, 0.25) is 0 Å². The normalized spacial score (nSPS) is 18.6. The summed E-state index contributed by atoms with van der Waals surface area (Å²) in [6, 6.07) is 34.4. The number of nitrogens with zero attached hydrogens (tertiary/aromatic N) is 1. The number of piperazine rings is 1. The smallest absolute Gasteiger partial charge is 0.178 e. The van der Waals surface area contributed by atoms with Crippen LogP contribution in [0.4, 0.5) is 5.69 Å². The summed E-state index contributed by atoms with van der Waals surface area (Å²) in [7, 11) is 0. The first-order valence-corrected chi connectivity index (χ1v) is 13.9. The van der Waals surface area contributed by atoms with Crippen molar-refractivity contribution in [3.63, 3.8) is 0 Å². The predicted molar refractivity (Wildman–Crippen MR) is 161 cm³/mol. The van der Waals surface area contributed by atoms with Gasteiger partial charge in [0.05, 0.1) is 6.61 Å². The summed E-state index contributed by atoms with van der Waals surface area (Å²) in [6.45, 7) is 6.52. The Labute approximate surface area is 229 Å². The summed E-state index contributed by atoms with van der Waals surface area (Å²) >= 11 is 0. The van der Waals surface area contributed by atoms with Crippen molar-refractivity contribution < 1.29 is 9.47 Å². The Hall–Kier alpha value is -4.28. The van der Waals surface area contributed by atoms with Crippen LogP contribution in [-0.4, -0.2) is 32.8 Å². The Bertz CT molecular complexity index is 1690. The van der Waals surface area contributed by atoms with Crippen molar-refractivity contribution >= 4 is 33.3 Å². The van der Waals surface area contributed by atoms with Gasteiger partial charge in [-0.25, -0.2) is 0 Å².